The highest BCUT2D eigenvalue weighted by atomic mass is 32.2. The molecule has 1 heterocycles. The SMILES string of the molecule is COCCNC(=O)c1cc(S(=O)(=O)N2CC(C)CC(C)C2)ccc1Sc1ccc(F)cc1. The summed E-state index contributed by atoms with van der Waals surface area (Å²) in [5.41, 5.74) is 0.259. The van der Waals surface area contributed by atoms with Gasteiger partial charge in [0.25, 0.3) is 5.91 Å². The fourth-order valence-electron chi connectivity index (χ4n) is 3.88. The number of nitrogens with zero attached hydrogens (tertiary/aromatic N) is 1. The predicted octanol–water partition coefficient (Wildman–Crippen LogP) is 4.02. The Morgan fingerprint density at radius 3 is 2.44 bits per heavy atom. The van der Waals surface area contributed by atoms with Gasteiger partial charge in [-0.05, 0) is 60.7 Å². The van der Waals surface area contributed by atoms with Gasteiger partial charge in [-0.1, -0.05) is 25.6 Å². The van der Waals surface area contributed by atoms with Crippen molar-refractivity contribution in [3.8, 4) is 0 Å². The quantitative estimate of drug-likeness (QED) is 0.578. The third-order valence-corrected chi connectivity index (χ3v) is 8.21. The van der Waals surface area contributed by atoms with E-state index in [0.717, 1.165) is 11.3 Å². The zero-order valence-electron chi connectivity index (χ0n) is 18.5. The minimum Gasteiger partial charge on any atom is -0.383 e. The Kier molecular flexibility index (Phi) is 8.32. The molecule has 3 rings (SSSR count). The Morgan fingerprint density at radius 2 is 1.81 bits per heavy atom. The summed E-state index contributed by atoms with van der Waals surface area (Å²) in [5, 5.41) is 2.76. The molecule has 1 aliphatic rings. The maximum absolute atomic E-state index is 13.3. The Hall–Kier alpha value is -1.94. The average Bonchev–Trinajstić information content (AvgIpc) is 2.75. The maximum Gasteiger partial charge on any atom is 0.252 e. The second-order valence-corrected chi connectivity index (χ2v) is 11.3. The van der Waals surface area contributed by atoms with Gasteiger partial charge < -0.3 is 10.1 Å². The molecule has 0 aromatic heterocycles. The molecular formula is C23H29FN2O4S2. The van der Waals surface area contributed by atoms with Crippen LogP contribution in [0.5, 0.6) is 0 Å². The first-order valence-corrected chi connectivity index (χ1v) is 12.8. The molecule has 0 radical (unpaired) electrons. The largest absolute Gasteiger partial charge is 0.383 e. The summed E-state index contributed by atoms with van der Waals surface area (Å²) in [7, 11) is -2.20. The predicted molar refractivity (Wildman–Crippen MR) is 123 cm³/mol. The molecule has 1 aliphatic heterocycles. The Labute approximate surface area is 193 Å². The van der Waals surface area contributed by atoms with Crippen molar-refractivity contribution in [2.24, 2.45) is 11.8 Å². The number of benzene rings is 2. The number of nitrogens with one attached hydrogen (secondary N) is 1. The fraction of sp³-hybridized carbons (Fsp3) is 0.435. The van der Waals surface area contributed by atoms with Crippen molar-refractivity contribution < 1.29 is 22.3 Å². The van der Waals surface area contributed by atoms with Crippen LogP contribution in [0, 0.1) is 17.7 Å². The standard InChI is InChI=1S/C23H29FN2O4S2/c1-16-12-17(2)15-26(14-16)32(28,29)20-8-9-22(31-19-6-4-18(24)5-7-19)21(13-20)23(27)25-10-11-30-3/h4-9,13,16-17H,10-12,14-15H2,1-3H3,(H,25,27). The number of rotatable bonds is 8. The normalized spacial score (nSPS) is 19.6. The average molecular weight is 481 g/mol. The van der Waals surface area contributed by atoms with Crippen molar-refractivity contribution in [3.05, 3.63) is 53.8 Å². The van der Waals surface area contributed by atoms with Crippen LogP contribution >= 0.6 is 11.8 Å². The van der Waals surface area contributed by atoms with Crippen LogP contribution < -0.4 is 5.32 Å². The molecule has 1 saturated heterocycles. The van der Waals surface area contributed by atoms with Gasteiger partial charge in [-0.25, -0.2) is 12.8 Å². The highest BCUT2D eigenvalue weighted by Gasteiger charge is 2.32. The number of piperidine rings is 1. The zero-order valence-corrected chi connectivity index (χ0v) is 20.1. The number of carbonyl (C=O) groups is 1. The van der Waals surface area contributed by atoms with Crippen LogP contribution in [0.3, 0.4) is 0 Å². The molecule has 2 atom stereocenters. The molecule has 0 saturated carbocycles. The number of carbonyl (C=O) groups excluding carboxylic acids is 1. The third kappa shape index (κ3) is 6.10. The molecule has 0 spiro atoms. The lowest BCUT2D eigenvalue weighted by Crippen LogP contribution is -2.42. The number of ether oxygens (including phenoxy) is 1. The molecule has 6 nitrogen and oxygen atoms in total. The van der Waals surface area contributed by atoms with E-state index in [4.69, 9.17) is 4.74 Å². The van der Waals surface area contributed by atoms with Gasteiger partial charge in [-0.3, -0.25) is 4.79 Å². The van der Waals surface area contributed by atoms with E-state index < -0.39 is 10.0 Å². The van der Waals surface area contributed by atoms with Crippen molar-refractivity contribution in [2.45, 2.75) is 35.0 Å². The maximum atomic E-state index is 13.3. The highest BCUT2D eigenvalue weighted by molar-refractivity contribution is 7.99. The molecule has 2 aromatic carbocycles. The van der Waals surface area contributed by atoms with E-state index in [1.807, 2.05) is 0 Å². The molecule has 9 heteroatoms. The van der Waals surface area contributed by atoms with Crippen LogP contribution in [0.25, 0.3) is 0 Å². The lowest BCUT2D eigenvalue weighted by Gasteiger charge is -2.34. The molecule has 174 valence electrons. The highest BCUT2D eigenvalue weighted by Crippen LogP contribution is 2.34. The van der Waals surface area contributed by atoms with Gasteiger partial charge in [0.05, 0.1) is 17.1 Å². The number of amides is 1. The third-order valence-electron chi connectivity index (χ3n) is 5.30. The van der Waals surface area contributed by atoms with Crippen LogP contribution in [0.4, 0.5) is 4.39 Å². The monoisotopic (exact) mass is 480 g/mol. The van der Waals surface area contributed by atoms with Gasteiger partial charge >= 0.3 is 0 Å². The van der Waals surface area contributed by atoms with E-state index in [2.05, 4.69) is 19.2 Å². The van der Waals surface area contributed by atoms with E-state index in [0.29, 0.717) is 31.1 Å². The molecule has 2 unspecified atom stereocenters. The Morgan fingerprint density at radius 1 is 1.16 bits per heavy atom. The van der Waals surface area contributed by atoms with Crippen molar-refractivity contribution in [1.82, 2.24) is 9.62 Å². The fourth-order valence-corrected chi connectivity index (χ4v) is 6.51. The molecular weight excluding hydrogens is 451 g/mol. The summed E-state index contributed by atoms with van der Waals surface area (Å²) in [6.07, 6.45) is 0.992. The van der Waals surface area contributed by atoms with Gasteiger partial charge in [0.2, 0.25) is 10.0 Å². The van der Waals surface area contributed by atoms with Crippen LogP contribution in [0.1, 0.15) is 30.6 Å². The lowest BCUT2D eigenvalue weighted by atomic mass is 9.94. The molecule has 1 amide bonds. The van der Waals surface area contributed by atoms with Crippen LogP contribution in [0.2, 0.25) is 0 Å². The number of halogens is 1. The number of hydrogen-bond acceptors (Lipinski definition) is 5. The van der Waals surface area contributed by atoms with Gasteiger partial charge in [0, 0.05) is 36.5 Å². The molecule has 1 N–H and O–H groups in total. The van der Waals surface area contributed by atoms with Gasteiger partial charge in [0.15, 0.2) is 0 Å². The number of sulfonamides is 1. The summed E-state index contributed by atoms with van der Waals surface area (Å²) in [6, 6.07) is 10.5. The van der Waals surface area contributed by atoms with Gasteiger partial charge in [-0.2, -0.15) is 4.31 Å². The molecule has 1 fully saturated rings. The van der Waals surface area contributed by atoms with E-state index in [-0.39, 0.29) is 34.0 Å². The summed E-state index contributed by atoms with van der Waals surface area (Å²) in [6.45, 7) is 5.68. The van der Waals surface area contributed by atoms with E-state index in [1.165, 1.54) is 47.4 Å². The Balaban J connectivity index is 1.95. The molecule has 32 heavy (non-hydrogen) atoms. The number of methoxy groups -OCH3 is 1. The first-order valence-electron chi connectivity index (χ1n) is 10.6. The second-order valence-electron chi connectivity index (χ2n) is 8.23. The van der Waals surface area contributed by atoms with Crippen molar-refractivity contribution in [1.29, 1.82) is 0 Å². The lowest BCUT2D eigenvalue weighted by molar-refractivity contribution is 0.0934. The molecule has 0 aliphatic carbocycles. The molecule has 2 aromatic rings. The summed E-state index contributed by atoms with van der Waals surface area (Å²) < 4.78 is 46.5. The van der Waals surface area contributed by atoms with E-state index in [9.17, 15) is 17.6 Å². The minimum atomic E-state index is -3.73. The summed E-state index contributed by atoms with van der Waals surface area (Å²) in [5.74, 6) is -0.181. The summed E-state index contributed by atoms with van der Waals surface area (Å²) in [4.78, 5) is 14.3. The van der Waals surface area contributed by atoms with Crippen LogP contribution in [-0.4, -0.2) is 52.0 Å². The zero-order chi connectivity index (χ0) is 23.3. The van der Waals surface area contributed by atoms with Crippen molar-refractivity contribution in [2.75, 3.05) is 33.4 Å². The smallest absolute Gasteiger partial charge is 0.252 e. The second kappa shape index (κ2) is 10.8. The Bertz CT molecular complexity index is 1030. The van der Waals surface area contributed by atoms with Crippen molar-refractivity contribution in [3.63, 3.8) is 0 Å². The first kappa shape index (κ1) is 24.7. The van der Waals surface area contributed by atoms with Gasteiger partial charge in [0.1, 0.15) is 5.82 Å². The minimum absolute atomic E-state index is 0.0964. The van der Waals surface area contributed by atoms with Gasteiger partial charge in [-0.15, -0.1) is 0 Å². The summed E-state index contributed by atoms with van der Waals surface area (Å²) >= 11 is 1.28. The van der Waals surface area contributed by atoms with Crippen LogP contribution in [-0.2, 0) is 14.8 Å². The topological polar surface area (TPSA) is 75.7 Å². The van der Waals surface area contributed by atoms with E-state index >= 15 is 0 Å². The van der Waals surface area contributed by atoms with E-state index in [1.54, 1.807) is 18.2 Å². The number of hydrogen-bond donors (Lipinski definition) is 1. The van der Waals surface area contributed by atoms with Crippen LogP contribution in [0.15, 0.2) is 57.2 Å². The molecule has 0 bridgehead atoms. The first-order chi connectivity index (χ1) is 15.2. The van der Waals surface area contributed by atoms with Crippen molar-refractivity contribution >= 4 is 27.7 Å².